The molecule has 1 aromatic carbocycles. The average molecular weight is 334 g/mol. The number of rotatable bonds is 4. The number of carbonyl (C=O) groups excluding carboxylic acids is 1. The minimum absolute atomic E-state index is 0.0205. The van der Waals surface area contributed by atoms with E-state index in [4.69, 9.17) is 14.6 Å². The third-order valence-corrected chi connectivity index (χ3v) is 3.71. The van der Waals surface area contributed by atoms with Gasteiger partial charge in [0.1, 0.15) is 0 Å². The lowest BCUT2D eigenvalue weighted by atomic mass is 9.95. The van der Waals surface area contributed by atoms with Crippen LogP contribution in [0.25, 0.3) is 0 Å². The van der Waals surface area contributed by atoms with Crippen LogP contribution in [0.15, 0.2) is 42.5 Å². The highest BCUT2D eigenvalue weighted by Crippen LogP contribution is 2.18. The minimum atomic E-state index is -0.150. The maximum Gasteiger partial charge on any atom is 0.308 e. The third kappa shape index (κ3) is 9.48. The number of benzene rings is 1. The molecule has 0 aromatic heterocycles. The van der Waals surface area contributed by atoms with E-state index >= 15 is 0 Å². The van der Waals surface area contributed by atoms with Crippen molar-refractivity contribution in [2.24, 2.45) is 5.92 Å². The summed E-state index contributed by atoms with van der Waals surface area (Å²) in [5.74, 6) is 0.260. The first-order chi connectivity index (χ1) is 11.5. The van der Waals surface area contributed by atoms with Gasteiger partial charge in [0.05, 0.1) is 19.1 Å². The van der Waals surface area contributed by atoms with Crippen molar-refractivity contribution in [1.82, 2.24) is 0 Å². The molecular formula is C20H30O4. The monoisotopic (exact) mass is 334 g/mol. The second-order valence-corrected chi connectivity index (χ2v) is 6.35. The Labute approximate surface area is 145 Å². The maximum atomic E-state index is 11.4. The average Bonchev–Trinajstić information content (AvgIpc) is 2.59. The molecule has 24 heavy (non-hydrogen) atoms. The Hall–Kier alpha value is -1.65. The summed E-state index contributed by atoms with van der Waals surface area (Å²) in [4.78, 5) is 11.4. The van der Waals surface area contributed by atoms with Crippen LogP contribution in [-0.4, -0.2) is 37.0 Å². The Balaban J connectivity index is 0.000000413. The summed E-state index contributed by atoms with van der Waals surface area (Å²) in [6.07, 6.45) is 2.92. The lowest BCUT2D eigenvalue weighted by Gasteiger charge is -2.19. The number of esters is 1. The van der Waals surface area contributed by atoms with E-state index in [-0.39, 0.29) is 18.7 Å². The Bertz CT molecular complexity index is 484. The normalized spacial score (nSPS) is 21.4. The number of cyclic esters (lactones) is 1. The fourth-order valence-electron chi connectivity index (χ4n) is 2.55. The number of hydrogen-bond donors (Lipinski definition) is 1. The predicted octanol–water partition coefficient (Wildman–Crippen LogP) is 3.53. The van der Waals surface area contributed by atoms with E-state index in [1.54, 1.807) is 0 Å². The van der Waals surface area contributed by atoms with Crippen LogP contribution in [0.4, 0.5) is 0 Å². The molecule has 0 spiro atoms. The van der Waals surface area contributed by atoms with E-state index in [0.717, 1.165) is 24.8 Å². The number of hydrogen-bond acceptors (Lipinski definition) is 4. The number of carbonyl (C=O) groups is 1. The Morgan fingerprint density at radius 3 is 2.62 bits per heavy atom. The fraction of sp³-hybridized carbons (Fsp3) is 0.550. The van der Waals surface area contributed by atoms with E-state index in [0.29, 0.717) is 25.6 Å². The summed E-state index contributed by atoms with van der Waals surface area (Å²) in [5, 5.41) is 8.18. The first-order valence-corrected chi connectivity index (χ1v) is 8.57. The van der Waals surface area contributed by atoms with Crippen molar-refractivity contribution in [3.63, 3.8) is 0 Å². The largest absolute Gasteiger partial charge is 0.463 e. The molecule has 1 heterocycles. The summed E-state index contributed by atoms with van der Waals surface area (Å²) in [6, 6.07) is 10.4. The molecule has 1 aliphatic rings. The third-order valence-electron chi connectivity index (χ3n) is 3.71. The zero-order valence-corrected chi connectivity index (χ0v) is 14.9. The highest BCUT2D eigenvalue weighted by Gasteiger charge is 2.19. The van der Waals surface area contributed by atoms with Crippen LogP contribution >= 0.6 is 0 Å². The van der Waals surface area contributed by atoms with Gasteiger partial charge < -0.3 is 14.6 Å². The van der Waals surface area contributed by atoms with E-state index in [1.165, 1.54) is 5.56 Å². The van der Waals surface area contributed by atoms with Gasteiger partial charge in [-0.05, 0) is 44.6 Å². The molecule has 0 aliphatic carbocycles. The molecule has 0 saturated carbocycles. The summed E-state index contributed by atoms with van der Waals surface area (Å²) >= 11 is 0. The Kier molecular flexibility index (Phi) is 10.0. The van der Waals surface area contributed by atoms with E-state index in [2.05, 4.69) is 30.8 Å². The van der Waals surface area contributed by atoms with Gasteiger partial charge in [-0.3, -0.25) is 4.79 Å². The molecule has 2 rings (SSSR count). The molecule has 1 aromatic rings. The molecule has 0 amide bonds. The topological polar surface area (TPSA) is 55.8 Å². The zero-order chi connectivity index (χ0) is 17.8. The molecule has 1 aliphatic heterocycles. The van der Waals surface area contributed by atoms with Crippen LogP contribution in [0.1, 0.15) is 38.7 Å². The van der Waals surface area contributed by atoms with Gasteiger partial charge >= 0.3 is 5.97 Å². The first kappa shape index (κ1) is 20.4. The Morgan fingerprint density at radius 2 is 2.04 bits per heavy atom. The molecule has 1 fully saturated rings. The molecule has 1 N–H and O–H groups in total. The van der Waals surface area contributed by atoms with Crippen molar-refractivity contribution in [2.45, 2.75) is 45.6 Å². The quantitative estimate of drug-likeness (QED) is 0.676. The van der Waals surface area contributed by atoms with Crippen LogP contribution in [0, 0.1) is 5.92 Å². The summed E-state index contributed by atoms with van der Waals surface area (Å²) < 4.78 is 10.9. The summed E-state index contributed by atoms with van der Waals surface area (Å²) in [5.41, 5.74) is 2.35. The molecule has 2 atom stereocenters. The van der Waals surface area contributed by atoms with Gasteiger partial charge in [0, 0.05) is 13.2 Å². The molecule has 4 nitrogen and oxygen atoms in total. The van der Waals surface area contributed by atoms with Gasteiger partial charge in [-0.15, -0.1) is 6.58 Å². The van der Waals surface area contributed by atoms with Crippen molar-refractivity contribution >= 4 is 5.97 Å². The van der Waals surface area contributed by atoms with Gasteiger partial charge in [-0.25, -0.2) is 0 Å². The molecule has 0 radical (unpaired) electrons. The van der Waals surface area contributed by atoms with Crippen molar-refractivity contribution in [3.05, 3.63) is 48.0 Å². The van der Waals surface area contributed by atoms with Crippen molar-refractivity contribution in [2.75, 3.05) is 19.8 Å². The second kappa shape index (κ2) is 11.8. The van der Waals surface area contributed by atoms with Gasteiger partial charge in [0.2, 0.25) is 0 Å². The molecular weight excluding hydrogens is 304 g/mol. The van der Waals surface area contributed by atoms with Gasteiger partial charge in [-0.1, -0.05) is 35.9 Å². The lowest BCUT2D eigenvalue weighted by Crippen LogP contribution is -2.20. The summed E-state index contributed by atoms with van der Waals surface area (Å²) in [6.45, 7) is 8.85. The van der Waals surface area contributed by atoms with Gasteiger partial charge in [0.15, 0.2) is 0 Å². The highest BCUT2D eigenvalue weighted by molar-refractivity contribution is 5.69. The van der Waals surface area contributed by atoms with Crippen molar-refractivity contribution < 1.29 is 19.4 Å². The maximum absolute atomic E-state index is 11.4. The molecule has 4 heteroatoms. The number of ether oxygens (including phenoxy) is 2. The fourth-order valence-corrected chi connectivity index (χ4v) is 2.55. The van der Waals surface area contributed by atoms with E-state index in [1.807, 2.05) is 19.9 Å². The number of aliphatic hydroxyl groups is 1. The lowest BCUT2D eigenvalue weighted by molar-refractivity contribution is -0.148. The van der Waals surface area contributed by atoms with Crippen molar-refractivity contribution in [1.29, 1.82) is 0 Å². The highest BCUT2D eigenvalue weighted by atomic mass is 16.5. The SMILES string of the molecule is C=C(C)CCO.CC1CC(Cc2ccccc2)COCCC(=O)O1. The molecule has 0 bridgehead atoms. The first-order valence-electron chi connectivity index (χ1n) is 8.57. The zero-order valence-electron chi connectivity index (χ0n) is 14.9. The van der Waals surface area contributed by atoms with Crippen LogP contribution in [0.2, 0.25) is 0 Å². The molecule has 2 unspecified atom stereocenters. The van der Waals surface area contributed by atoms with Crippen LogP contribution in [-0.2, 0) is 20.7 Å². The van der Waals surface area contributed by atoms with Crippen LogP contribution in [0.3, 0.4) is 0 Å². The van der Waals surface area contributed by atoms with Crippen molar-refractivity contribution in [3.8, 4) is 0 Å². The van der Waals surface area contributed by atoms with Crippen LogP contribution in [0.5, 0.6) is 0 Å². The Morgan fingerprint density at radius 1 is 1.33 bits per heavy atom. The van der Waals surface area contributed by atoms with E-state index in [9.17, 15) is 4.79 Å². The number of aliphatic hydroxyl groups excluding tert-OH is 1. The smallest absolute Gasteiger partial charge is 0.308 e. The van der Waals surface area contributed by atoms with Crippen LogP contribution < -0.4 is 0 Å². The predicted molar refractivity (Wildman–Crippen MR) is 95.8 cm³/mol. The minimum Gasteiger partial charge on any atom is -0.463 e. The molecule has 1 saturated heterocycles. The second-order valence-electron chi connectivity index (χ2n) is 6.35. The standard InChI is InChI=1S/C15H20O3.C5H10O/c1-12-9-14(10-13-5-3-2-4-6-13)11-17-8-7-15(16)18-12;1-5(2)3-4-6/h2-6,12,14H,7-11H2,1H3;6H,1,3-4H2,2H3. The van der Waals surface area contributed by atoms with Gasteiger partial charge in [0.25, 0.3) is 0 Å². The molecule has 134 valence electrons. The van der Waals surface area contributed by atoms with Gasteiger partial charge in [-0.2, -0.15) is 0 Å². The van der Waals surface area contributed by atoms with E-state index < -0.39 is 0 Å². The summed E-state index contributed by atoms with van der Waals surface area (Å²) in [7, 11) is 0.